The van der Waals surface area contributed by atoms with Crippen LogP contribution in [0.3, 0.4) is 0 Å². The third kappa shape index (κ3) is 2.95. The Labute approximate surface area is 105 Å². The van der Waals surface area contributed by atoms with Crippen molar-refractivity contribution in [2.45, 2.75) is 32.2 Å². The number of hydrogen-bond donors (Lipinski definition) is 0. The van der Waals surface area contributed by atoms with Crippen LogP contribution >= 0.6 is 24.0 Å². The van der Waals surface area contributed by atoms with Crippen molar-refractivity contribution in [1.29, 1.82) is 0 Å². The van der Waals surface area contributed by atoms with Crippen molar-refractivity contribution >= 4 is 40.2 Å². The number of unbranched alkanes of at least 4 members (excludes halogenated alkanes) is 1. The number of hydrogen-bond acceptors (Lipinski definition) is 5. The molecule has 1 saturated heterocycles. The second-order valence-electron chi connectivity index (χ2n) is 3.48. The Morgan fingerprint density at radius 2 is 2.31 bits per heavy atom. The highest BCUT2D eigenvalue weighted by Crippen LogP contribution is 2.26. The number of thioether (sulfide) groups is 1. The lowest BCUT2D eigenvalue weighted by atomic mass is 10.2. The zero-order chi connectivity index (χ0) is 12.1. The van der Waals surface area contributed by atoms with E-state index in [1.807, 2.05) is 6.92 Å². The van der Waals surface area contributed by atoms with Gasteiger partial charge < -0.3 is 4.74 Å². The van der Waals surface area contributed by atoms with Crippen LogP contribution in [0.25, 0.3) is 0 Å². The monoisotopic (exact) mass is 261 g/mol. The van der Waals surface area contributed by atoms with Gasteiger partial charge in [-0.25, -0.2) is 4.79 Å². The van der Waals surface area contributed by atoms with E-state index in [0.717, 1.165) is 12.8 Å². The topological polar surface area (TPSA) is 46.6 Å². The van der Waals surface area contributed by atoms with E-state index in [-0.39, 0.29) is 5.91 Å². The molecule has 0 bridgehead atoms. The lowest BCUT2D eigenvalue weighted by Crippen LogP contribution is -2.43. The van der Waals surface area contributed by atoms with Gasteiger partial charge in [0.15, 0.2) is 0 Å². The van der Waals surface area contributed by atoms with E-state index in [1.54, 1.807) is 0 Å². The average molecular weight is 261 g/mol. The molecule has 1 heterocycles. The molecule has 90 valence electrons. The number of thiocarbonyl (C=S) groups is 1. The molecule has 16 heavy (non-hydrogen) atoms. The van der Waals surface area contributed by atoms with Crippen LogP contribution in [0, 0.1) is 0 Å². The molecule has 0 spiro atoms. The van der Waals surface area contributed by atoms with Crippen LogP contribution in [-0.2, 0) is 14.3 Å². The zero-order valence-electron chi connectivity index (χ0n) is 9.39. The first-order chi connectivity index (χ1) is 7.61. The summed E-state index contributed by atoms with van der Waals surface area (Å²) in [5, 5.41) is 0. The first kappa shape index (κ1) is 13.4. The molecule has 0 aromatic carbocycles. The van der Waals surface area contributed by atoms with Crippen LogP contribution in [0.1, 0.15) is 26.2 Å². The molecular weight excluding hydrogens is 246 g/mol. The summed E-state index contributed by atoms with van der Waals surface area (Å²) in [4.78, 5) is 24.7. The van der Waals surface area contributed by atoms with Crippen LogP contribution in [0.2, 0.25) is 0 Å². The van der Waals surface area contributed by atoms with Crippen LogP contribution in [0.4, 0.5) is 0 Å². The molecule has 1 amide bonds. The molecule has 0 unspecified atom stereocenters. The molecule has 1 aliphatic rings. The SMILES string of the molecule is CCCCC(=O)N1C(=S)SC[C@@H]1C(=O)OC. The van der Waals surface area contributed by atoms with E-state index in [0.29, 0.717) is 16.5 Å². The molecule has 0 aliphatic carbocycles. The van der Waals surface area contributed by atoms with E-state index >= 15 is 0 Å². The number of methoxy groups -OCH3 is 1. The number of carbonyl (C=O) groups is 2. The van der Waals surface area contributed by atoms with Gasteiger partial charge in [0.25, 0.3) is 0 Å². The summed E-state index contributed by atoms with van der Waals surface area (Å²) in [5.41, 5.74) is 0. The van der Waals surface area contributed by atoms with E-state index in [9.17, 15) is 9.59 Å². The van der Waals surface area contributed by atoms with Gasteiger partial charge in [-0.1, -0.05) is 37.3 Å². The summed E-state index contributed by atoms with van der Waals surface area (Å²) in [6.45, 7) is 2.02. The Morgan fingerprint density at radius 3 is 2.88 bits per heavy atom. The fourth-order valence-corrected chi connectivity index (χ4v) is 2.84. The predicted molar refractivity (Wildman–Crippen MR) is 67.2 cm³/mol. The lowest BCUT2D eigenvalue weighted by molar-refractivity contribution is -0.148. The van der Waals surface area contributed by atoms with Gasteiger partial charge in [0, 0.05) is 12.2 Å². The molecular formula is C10H15NO3S2. The van der Waals surface area contributed by atoms with Crippen molar-refractivity contribution in [3.8, 4) is 0 Å². The third-order valence-electron chi connectivity index (χ3n) is 2.36. The number of nitrogens with zero attached hydrogens (tertiary/aromatic N) is 1. The minimum Gasteiger partial charge on any atom is -0.467 e. The van der Waals surface area contributed by atoms with Crippen molar-refractivity contribution in [2.24, 2.45) is 0 Å². The van der Waals surface area contributed by atoms with Crippen molar-refractivity contribution in [3.05, 3.63) is 0 Å². The molecule has 1 rings (SSSR count). The van der Waals surface area contributed by atoms with E-state index < -0.39 is 12.0 Å². The van der Waals surface area contributed by atoms with Crippen LogP contribution in [0.5, 0.6) is 0 Å². The van der Waals surface area contributed by atoms with Crippen molar-refractivity contribution in [2.75, 3.05) is 12.9 Å². The zero-order valence-corrected chi connectivity index (χ0v) is 11.0. The van der Waals surface area contributed by atoms with E-state index in [1.165, 1.54) is 23.8 Å². The fourth-order valence-electron chi connectivity index (χ4n) is 1.46. The number of rotatable bonds is 4. The Kier molecular flexibility index (Phi) is 5.21. The van der Waals surface area contributed by atoms with Gasteiger partial charge >= 0.3 is 5.97 Å². The highest BCUT2D eigenvalue weighted by atomic mass is 32.2. The smallest absolute Gasteiger partial charge is 0.329 e. The van der Waals surface area contributed by atoms with Crippen molar-refractivity contribution < 1.29 is 14.3 Å². The summed E-state index contributed by atoms with van der Waals surface area (Å²) in [6, 6.07) is -0.535. The molecule has 1 atom stereocenters. The third-order valence-corrected chi connectivity index (χ3v) is 3.84. The minimum absolute atomic E-state index is 0.0766. The second kappa shape index (κ2) is 6.20. The molecule has 0 radical (unpaired) electrons. The van der Waals surface area contributed by atoms with Gasteiger partial charge in [-0.3, -0.25) is 9.69 Å². The summed E-state index contributed by atoms with van der Waals surface area (Å²) in [7, 11) is 1.32. The predicted octanol–water partition coefficient (Wildman–Crippen LogP) is 1.58. The summed E-state index contributed by atoms with van der Waals surface area (Å²) in [5.74, 6) is 0.0352. The maximum atomic E-state index is 11.9. The highest BCUT2D eigenvalue weighted by molar-refractivity contribution is 8.23. The first-order valence-electron chi connectivity index (χ1n) is 5.18. The van der Waals surface area contributed by atoms with Crippen LogP contribution in [0.15, 0.2) is 0 Å². The fraction of sp³-hybridized carbons (Fsp3) is 0.700. The molecule has 0 aromatic rings. The molecule has 4 nitrogen and oxygen atoms in total. The first-order valence-corrected chi connectivity index (χ1v) is 6.57. The maximum Gasteiger partial charge on any atom is 0.329 e. The Balaban J connectivity index is 2.69. The number of esters is 1. The quantitative estimate of drug-likeness (QED) is 0.568. The van der Waals surface area contributed by atoms with E-state index in [4.69, 9.17) is 12.2 Å². The van der Waals surface area contributed by atoms with Gasteiger partial charge in [0.05, 0.1) is 7.11 Å². The van der Waals surface area contributed by atoms with Crippen LogP contribution < -0.4 is 0 Å². The molecule has 1 fully saturated rings. The number of ether oxygens (including phenoxy) is 1. The largest absolute Gasteiger partial charge is 0.467 e. The molecule has 0 saturated carbocycles. The average Bonchev–Trinajstić information content (AvgIpc) is 2.67. The van der Waals surface area contributed by atoms with Crippen molar-refractivity contribution in [3.63, 3.8) is 0 Å². The highest BCUT2D eigenvalue weighted by Gasteiger charge is 2.38. The number of carbonyl (C=O) groups excluding carboxylic acids is 2. The van der Waals surface area contributed by atoms with Gasteiger partial charge in [-0.15, -0.1) is 0 Å². The minimum atomic E-state index is -0.535. The summed E-state index contributed by atoms with van der Waals surface area (Å²) < 4.78 is 5.14. The Morgan fingerprint density at radius 1 is 1.62 bits per heavy atom. The molecule has 0 N–H and O–H groups in total. The maximum absolute atomic E-state index is 11.9. The summed E-state index contributed by atoms with van der Waals surface area (Å²) >= 11 is 6.43. The van der Waals surface area contributed by atoms with Gasteiger partial charge in [0.2, 0.25) is 5.91 Å². The molecule has 6 heteroatoms. The summed E-state index contributed by atoms with van der Waals surface area (Å²) in [6.07, 6.45) is 2.20. The normalized spacial score (nSPS) is 20.0. The number of amides is 1. The van der Waals surface area contributed by atoms with Crippen LogP contribution in [-0.4, -0.2) is 40.0 Å². The van der Waals surface area contributed by atoms with E-state index in [2.05, 4.69) is 4.74 Å². The van der Waals surface area contributed by atoms with Gasteiger partial charge in [-0.2, -0.15) is 0 Å². The molecule has 1 aliphatic heterocycles. The van der Waals surface area contributed by atoms with Gasteiger partial charge in [0.1, 0.15) is 10.4 Å². The Hall–Kier alpha value is -0.620. The Bertz CT molecular complexity index is 306. The van der Waals surface area contributed by atoms with Gasteiger partial charge in [-0.05, 0) is 6.42 Å². The lowest BCUT2D eigenvalue weighted by Gasteiger charge is -2.21. The van der Waals surface area contributed by atoms with Crippen molar-refractivity contribution in [1.82, 2.24) is 4.90 Å². The molecule has 0 aromatic heterocycles. The standard InChI is InChI=1S/C10H15NO3S2/c1-3-4-5-8(12)11-7(9(13)14-2)6-16-10(11)15/h7H,3-6H2,1-2H3/t7-/m1/s1. The second-order valence-corrected chi connectivity index (χ2v) is 5.14.